The predicted molar refractivity (Wildman–Crippen MR) is 125 cm³/mol. The van der Waals surface area contributed by atoms with Crippen LogP contribution >= 0.6 is 39.1 Å². The summed E-state index contributed by atoms with van der Waals surface area (Å²) in [5, 5.41) is 3.68. The molecular formula is C22H21BrCl2N2O4. The molecule has 2 aromatic rings. The van der Waals surface area contributed by atoms with Crippen LogP contribution in [0.2, 0.25) is 10.0 Å². The molecule has 6 nitrogen and oxygen atoms in total. The molecule has 0 atom stereocenters. The van der Waals surface area contributed by atoms with Crippen molar-refractivity contribution in [2.75, 3.05) is 13.2 Å². The number of nitrogens with zero attached hydrogens (tertiary/aromatic N) is 1. The van der Waals surface area contributed by atoms with E-state index in [1.807, 2.05) is 13.8 Å². The molecule has 0 spiro atoms. The van der Waals surface area contributed by atoms with Crippen LogP contribution in [0.5, 0.6) is 11.5 Å². The monoisotopic (exact) mass is 526 g/mol. The Morgan fingerprint density at radius 1 is 1.10 bits per heavy atom. The third-order valence-electron chi connectivity index (χ3n) is 4.47. The van der Waals surface area contributed by atoms with Crippen molar-refractivity contribution in [1.29, 1.82) is 0 Å². The lowest BCUT2D eigenvalue weighted by atomic mass is 10.1. The van der Waals surface area contributed by atoms with Crippen molar-refractivity contribution in [1.82, 2.24) is 10.2 Å². The Morgan fingerprint density at radius 2 is 1.84 bits per heavy atom. The van der Waals surface area contributed by atoms with Gasteiger partial charge in [-0.15, -0.1) is 0 Å². The zero-order valence-corrected chi connectivity index (χ0v) is 20.1. The highest BCUT2D eigenvalue weighted by Gasteiger charge is 2.32. The predicted octanol–water partition coefficient (Wildman–Crippen LogP) is 6.04. The van der Waals surface area contributed by atoms with Crippen molar-refractivity contribution in [2.24, 2.45) is 0 Å². The van der Waals surface area contributed by atoms with Gasteiger partial charge in [-0.05, 0) is 49.2 Å². The number of benzene rings is 2. The van der Waals surface area contributed by atoms with Crippen molar-refractivity contribution < 1.29 is 19.1 Å². The van der Waals surface area contributed by atoms with Gasteiger partial charge in [-0.2, -0.15) is 0 Å². The van der Waals surface area contributed by atoms with Crippen LogP contribution in [0, 0.1) is 0 Å². The number of hydrogen-bond donors (Lipinski definition) is 1. The molecule has 1 fully saturated rings. The maximum Gasteiger partial charge on any atom is 0.329 e. The number of hydrogen-bond acceptors (Lipinski definition) is 4. The van der Waals surface area contributed by atoms with Crippen LogP contribution < -0.4 is 14.8 Å². The van der Waals surface area contributed by atoms with E-state index in [9.17, 15) is 9.59 Å². The van der Waals surface area contributed by atoms with Gasteiger partial charge in [-0.25, -0.2) is 4.79 Å². The van der Waals surface area contributed by atoms with Crippen LogP contribution in [0.15, 0.2) is 40.5 Å². The van der Waals surface area contributed by atoms with E-state index in [0.29, 0.717) is 51.2 Å². The molecule has 9 heteroatoms. The van der Waals surface area contributed by atoms with Gasteiger partial charge in [0, 0.05) is 26.6 Å². The van der Waals surface area contributed by atoms with Crippen molar-refractivity contribution in [3.63, 3.8) is 0 Å². The molecule has 0 radical (unpaired) electrons. The minimum absolute atomic E-state index is 0.211. The smallest absolute Gasteiger partial charge is 0.329 e. The number of amides is 3. The maximum atomic E-state index is 12.5. The minimum Gasteiger partial charge on any atom is -0.490 e. The summed E-state index contributed by atoms with van der Waals surface area (Å²) in [4.78, 5) is 25.7. The summed E-state index contributed by atoms with van der Waals surface area (Å²) in [6.45, 7) is 4.79. The first-order valence-electron chi connectivity index (χ1n) is 9.71. The Labute approximate surface area is 199 Å². The molecule has 0 unspecified atom stereocenters. The first-order valence-corrected chi connectivity index (χ1v) is 11.3. The number of carbonyl (C=O) groups excluding carboxylic acids is 2. The highest BCUT2D eigenvalue weighted by Crippen LogP contribution is 2.36. The molecule has 0 bridgehead atoms. The van der Waals surface area contributed by atoms with Gasteiger partial charge >= 0.3 is 6.03 Å². The number of urea groups is 1. The maximum absolute atomic E-state index is 12.5. The largest absolute Gasteiger partial charge is 0.490 e. The first-order chi connectivity index (χ1) is 14.8. The Kier molecular flexibility index (Phi) is 7.86. The molecule has 1 aliphatic rings. The number of halogens is 3. The summed E-state index contributed by atoms with van der Waals surface area (Å²) in [6, 6.07) is 8.29. The zero-order valence-electron chi connectivity index (χ0n) is 17.0. The Bertz CT molecular complexity index is 1040. The van der Waals surface area contributed by atoms with Crippen LogP contribution in [0.4, 0.5) is 4.79 Å². The third kappa shape index (κ3) is 5.53. The fourth-order valence-corrected chi connectivity index (χ4v) is 3.89. The number of rotatable bonds is 8. The SMILES string of the molecule is CCCN1C(=O)N/C(=C/c2cc(OCC)c(OCc3ccc(Cl)cc3Cl)cc2Br)C1=O. The van der Waals surface area contributed by atoms with E-state index in [0.717, 1.165) is 5.56 Å². The molecule has 0 saturated carbocycles. The molecule has 0 aromatic heterocycles. The van der Waals surface area contributed by atoms with Gasteiger partial charge in [0.05, 0.1) is 6.61 Å². The molecule has 1 N–H and O–H groups in total. The Hall–Kier alpha value is -2.22. The third-order valence-corrected chi connectivity index (χ3v) is 5.74. The van der Waals surface area contributed by atoms with Crippen molar-refractivity contribution >= 4 is 57.1 Å². The van der Waals surface area contributed by atoms with Gasteiger partial charge in [-0.1, -0.05) is 52.1 Å². The van der Waals surface area contributed by atoms with E-state index in [1.54, 1.807) is 36.4 Å². The Balaban J connectivity index is 1.86. The van der Waals surface area contributed by atoms with Gasteiger partial charge in [0.15, 0.2) is 11.5 Å². The topological polar surface area (TPSA) is 67.9 Å². The van der Waals surface area contributed by atoms with Gasteiger partial charge in [-0.3, -0.25) is 9.69 Å². The van der Waals surface area contributed by atoms with Crippen LogP contribution in [0.1, 0.15) is 31.4 Å². The van der Waals surface area contributed by atoms with Gasteiger partial charge < -0.3 is 14.8 Å². The Morgan fingerprint density at radius 3 is 2.52 bits per heavy atom. The van der Waals surface area contributed by atoms with E-state index < -0.39 is 6.03 Å². The molecule has 1 heterocycles. The fraction of sp³-hybridized carbons (Fsp3) is 0.273. The lowest BCUT2D eigenvalue weighted by Gasteiger charge is -2.15. The van der Waals surface area contributed by atoms with Crippen molar-refractivity contribution in [3.05, 3.63) is 61.7 Å². The van der Waals surface area contributed by atoms with E-state index in [4.69, 9.17) is 32.7 Å². The van der Waals surface area contributed by atoms with E-state index in [2.05, 4.69) is 21.2 Å². The van der Waals surface area contributed by atoms with Gasteiger partial charge in [0.2, 0.25) is 0 Å². The van der Waals surface area contributed by atoms with Crippen molar-refractivity contribution in [2.45, 2.75) is 26.9 Å². The van der Waals surface area contributed by atoms with Crippen LogP contribution in [0.3, 0.4) is 0 Å². The molecule has 1 aliphatic heterocycles. The minimum atomic E-state index is -0.418. The second-order valence-corrected chi connectivity index (χ2v) is 8.42. The number of imide groups is 1. The molecular weight excluding hydrogens is 507 g/mol. The standard InChI is InChI=1S/C22H21BrCl2N2O4/c1-3-7-27-21(28)18(26-22(27)29)8-14-9-19(30-4-2)20(11-16(14)23)31-12-13-5-6-15(24)10-17(13)25/h5-6,8-11H,3-4,7,12H2,1-2H3,(H,26,29)/b18-8+. The van der Waals surface area contributed by atoms with E-state index in [1.165, 1.54) is 4.90 Å². The normalized spacial score (nSPS) is 14.9. The zero-order chi connectivity index (χ0) is 22.5. The second-order valence-electron chi connectivity index (χ2n) is 6.72. The van der Waals surface area contributed by atoms with E-state index in [-0.39, 0.29) is 18.2 Å². The summed E-state index contributed by atoms with van der Waals surface area (Å²) in [5.74, 6) is 0.663. The second kappa shape index (κ2) is 10.4. The molecule has 0 aliphatic carbocycles. The average Bonchev–Trinajstić information content (AvgIpc) is 2.98. The molecule has 1 saturated heterocycles. The summed E-state index contributed by atoms with van der Waals surface area (Å²) in [6.07, 6.45) is 2.30. The summed E-state index contributed by atoms with van der Waals surface area (Å²) in [7, 11) is 0. The number of carbonyl (C=O) groups is 2. The fourth-order valence-electron chi connectivity index (χ4n) is 2.99. The molecule has 164 valence electrons. The first kappa shape index (κ1) is 23.4. The molecule has 2 aromatic carbocycles. The quantitative estimate of drug-likeness (QED) is 0.336. The highest BCUT2D eigenvalue weighted by atomic mass is 79.9. The van der Waals surface area contributed by atoms with Gasteiger partial charge in [0.25, 0.3) is 5.91 Å². The average molecular weight is 528 g/mol. The van der Waals surface area contributed by atoms with E-state index >= 15 is 0 Å². The van der Waals surface area contributed by atoms with Crippen LogP contribution in [-0.2, 0) is 11.4 Å². The van der Waals surface area contributed by atoms with Crippen LogP contribution in [0.25, 0.3) is 6.08 Å². The summed E-state index contributed by atoms with van der Waals surface area (Å²) >= 11 is 15.7. The lowest BCUT2D eigenvalue weighted by Crippen LogP contribution is -2.31. The molecule has 3 amide bonds. The highest BCUT2D eigenvalue weighted by molar-refractivity contribution is 9.10. The molecule has 31 heavy (non-hydrogen) atoms. The van der Waals surface area contributed by atoms with Crippen molar-refractivity contribution in [3.8, 4) is 11.5 Å². The summed E-state index contributed by atoms with van der Waals surface area (Å²) < 4.78 is 12.3. The number of nitrogens with one attached hydrogen (secondary N) is 1. The van der Waals surface area contributed by atoms with Crippen LogP contribution in [-0.4, -0.2) is 30.0 Å². The molecule has 3 rings (SSSR count). The number of ether oxygens (including phenoxy) is 2. The van der Waals surface area contributed by atoms with Gasteiger partial charge in [0.1, 0.15) is 12.3 Å². The lowest BCUT2D eigenvalue weighted by molar-refractivity contribution is -0.122. The summed E-state index contributed by atoms with van der Waals surface area (Å²) in [5.41, 5.74) is 1.66.